The second-order valence-corrected chi connectivity index (χ2v) is 3.69. The normalized spacial score (nSPS) is 10.1. The van der Waals surface area contributed by atoms with E-state index in [0.29, 0.717) is 6.61 Å². The van der Waals surface area contributed by atoms with Gasteiger partial charge in [-0.2, -0.15) is 0 Å². The minimum absolute atomic E-state index is 0.214. The molecule has 0 amide bonds. The summed E-state index contributed by atoms with van der Waals surface area (Å²) < 4.78 is 4.83. The van der Waals surface area contributed by atoms with Crippen molar-refractivity contribution in [2.45, 2.75) is 19.9 Å². The number of esters is 1. The first-order valence-corrected chi connectivity index (χ1v) is 5.37. The van der Waals surface area contributed by atoms with Crippen molar-refractivity contribution in [1.29, 1.82) is 0 Å². The van der Waals surface area contributed by atoms with Crippen LogP contribution in [0.1, 0.15) is 17.6 Å². The van der Waals surface area contributed by atoms with Gasteiger partial charge in [0.1, 0.15) is 5.01 Å². The number of carbonyl (C=O) groups is 1. The van der Waals surface area contributed by atoms with E-state index >= 15 is 0 Å². The average Bonchev–Trinajstić information content (AvgIpc) is 2.53. The van der Waals surface area contributed by atoms with Crippen molar-refractivity contribution in [3.05, 3.63) is 16.1 Å². The zero-order chi connectivity index (χ0) is 10.4. The number of ether oxygens (including phenoxy) is 1. The van der Waals surface area contributed by atoms with Crippen molar-refractivity contribution in [2.75, 3.05) is 13.7 Å². The van der Waals surface area contributed by atoms with Crippen LogP contribution in [-0.2, 0) is 22.5 Å². The van der Waals surface area contributed by atoms with Gasteiger partial charge in [-0.05, 0) is 14.0 Å². The molecule has 0 aliphatic carbocycles. The summed E-state index contributed by atoms with van der Waals surface area (Å²) in [5.74, 6) is -0.214. The molecular formula is C9H14N2O2S. The van der Waals surface area contributed by atoms with Crippen LogP contribution >= 0.6 is 11.3 Å². The van der Waals surface area contributed by atoms with Crippen molar-refractivity contribution in [1.82, 2.24) is 10.3 Å². The first-order valence-electron chi connectivity index (χ1n) is 4.49. The topological polar surface area (TPSA) is 51.2 Å². The van der Waals surface area contributed by atoms with E-state index in [1.165, 1.54) is 0 Å². The lowest BCUT2D eigenvalue weighted by Gasteiger charge is -1.98. The third-order valence-corrected chi connectivity index (χ3v) is 2.46. The Morgan fingerprint density at radius 3 is 3.14 bits per heavy atom. The molecule has 0 saturated carbocycles. The Balaban J connectivity index is 2.46. The summed E-state index contributed by atoms with van der Waals surface area (Å²) in [6.45, 7) is 2.96. The van der Waals surface area contributed by atoms with Crippen molar-refractivity contribution >= 4 is 17.3 Å². The van der Waals surface area contributed by atoms with E-state index in [2.05, 4.69) is 10.3 Å². The summed E-state index contributed by atoms with van der Waals surface area (Å²) in [6.07, 6.45) is 0.272. The summed E-state index contributed by atoms with van der Waals surface area (Å²) >= 11 is 1.55. The Morgan fingerprint density at radius 2 is 2.50 bits per heavy atom. The molecule has 1 rings (SSSR count). The van der Waals surface area contributed by atoms with Crippen LogP contribution in [0.2, 0.25) is 0 Å². The van der Waals surface area contributed by atoms with E-state index < -0.39 is 0 Å². The van der Waals surface area contributed by atoms with Crippen LogP contribution in [0, 0.1) is 0 Å². The molecule has 4 nitrogen and oxygen atoms in total. The monoisotopic (exact) mass is 214 g/mol. The molecule has 0 radical (unpaired) electrons. The molecule has 1 N–H and O–H groups in total. The molecule has 0 atom stereocenters. The quantitative estimate of drug-likeness (QED) is 0.742. The second kappa shape index (κ2) is 5.72. The van der Waals surface area contributed by atoms with Crippen LogP contribution in [0.5, 0.6) is 0 Å². The molecule has 1 aromatic heterocycles. The lowest BCUT2D eigenvalue weighted by molar-refractivity contribution is -0.142. The predicted molar refractivity (Wildman–Crippen MR) is 55.2 cm³/mol. The largest absolute Gasteiger partial charge is 0.466 e. The van der Waals surface area contributed by atoms with Crippen molar-refractivity contribution in [3.8, 4) is 0 Å². The highest BCUT2D eigenvalue weighted by molar-refractivity contribution is 7.09. The number of hydrogen-bond acceptors (Lipinski definition) is 5. The Bertz CT molecular complexity index is 299. The maximum absolute atomic E-state index is 11.1. The number of carbonyl (C=O) groups excluding carboxylic acids is 1. The van der Waals surface area contributed by atoms with Gasteiger partial charge in [0, 0.05) is 11.9 Å². The van der Waals surface area contributed by atoms with Crippen molar-refractivity contribution in [2.24, 2.45) is 0 Å². The molecule has 0 aliphatic rings. The van der Waals surface area contributed by atoms with Gasteiger partial charge in [-0.1, -0.05) is 0 Å². The summed E-state index contributed by atoms with van der Waals surface area (Å²) in [6, 6.07) is 0. The number of aromatic nitrogens is 1. The van der Waals surface area contributed by atoms with Crippen molar-refractivity contribution < 1.29 is 9.53 Å². The first-order chi connectivity index (χ1) is 6.76. The summed E-state index contributed by atoms with van der Waals surface area (Å²) in [5.41, 5.74) is 0.790. The van der Waals surface area contributed by atoms with E-state index in [9.17, 15) is 4.79 Å². The van der Waals surface area contributed by atoms with E-state index in [-0.39, 0.29) is 12.4 Å². The van der Waals surface area contributed by atoms with Gasteiger partial charge in [0.25, 0.3) is 0 Å². The number of rotatable bonds is 5. The third-order valence-electron chi connectivity index (χ3n) is 1.56. The van der Waals surface area contributed by atoms with Gasteiger partial charge < -0.3 is 10.1 Å². The zero-order valence-electron chi connectivity index (χ0n) is 8.37. The van der Waals surface area contributed by atoms with Crippen LogP contribution in [0.15, 0.2) is 5.38 Å². The SMILES string of the molecule is CCOC(=O)Cc1csc(CNC)n1. The molecule has 0 aromatic carbocycles. The Kier molecular flexibility index (Phi) is 4.55. The van der Waals surface area contributed by atoms with Gasteiger partial charge >= 0.3 is 5.97 Å². The fourth-order valence-electron chi connectivity index (χ4n) is 1.02. The standard InChI is InChI=1S/C9H14N2O2S/c1-3-13-9(12)4-7-6-14-8(11-7)5-10-2/h6,10H,3-5H2,1-2H3. The lowest BCUT2D eigenvalue weighted by atomic mass is 10.3. The van der Waals surface area contributed by atoms with Crippen LogP contribution in [0.4, 0.5) is 0 Å². The number of hydrogen-bond donors (Lipinski definition) is 1. The summed E-state index contributed by atoms with van der Waals surface area (Å²) in [7, 11) is 1.87. The molecule has 1 heterocycles. The van der Waals surface area contributed by atoms with E-state index in [0.717, 1.165) is 17.2 Å². The Hall–Kier alpha value is -0.940. The van der Waals surface area contributed by atoms with E-state index in [1.54, 1.807) is 18.3 Å². The van der Waals surface area contributed by atoms with E-state index in [1.807, 2.05) is 12.4 Å². The molecular weight excluding hydrogens is 200 g/mol. The molecule has 14 heavy (non-hydrogen) atoms. The van der Waals surface area contributed by atoms with Crippen LogP contribution < -0.4 is 5.32 Å². The number of nitrogens with zero attached hydrogens (tertiary/aromatic N) is 1. The van der Waals surface area contributed by atoms with Gasteiger partial charge in [-0.3, -0.25) is 4.79 Å². The smallest absolute Gasteiger partial charge is 0.311 e. The average molecular weight is 214 g/mol. The third kappa shape index (κ3) is 3.43. The van der Waals surface area contributed by atoms with Gasteiger partial charge in [0.05, 0.1) is 18.7 Å². The van der Waals surface area contributed by atoms with Crippen LogP contribution in [-0.4, -0.2) is 24.6 Å². The molecule has 0 aliphatic heterocycles. The van der Waals surface area contributed by atoms with Crippen LogP contribution in [0.3, 0.4) is 0 Å². The number of thiazole rings is 1. The maximum atomic E-state index is 11.1. The lowest BCUT2D eigenvalue weighted by Crippen LogP contribution is -2.08. The van der Waals surface area contributed by atoms with Gasteiger partial charge in [0.15, 0.2) is 0 Å². The fourth-order valence-corrected chi connectivity index (χ4v) is 1.83. The minimum atomic E-state index is -0.214. The fraction of sp³-hybridized carbons (Fsp3) is 0.556. The van der Waals surface area contributed by atoms with Gasteiger partial charge in [-0.25, -0.2) is 4.98 Å². The zero-order valence-corrected chi connectivity index (χ0v) is 9.19. The predicted octanol–water partition coefficient (Wildman–Crippen LogP) is 0.968. The molecule has 1 aromatic rings. The molecule has 0 saturated heterocycles. The molecule has 78 valence electrons. The summed E-state index contributed by atoms with van der Waals surface area (Å²) in [5, 5.41) is 5.89. The van der Waals surface area contributed by atoms with Crippen molar-refractivity contribution in [3.63, 3.8) is 0 Å². The maximum Gasteiger partial charge on any atom is 0.311 e. The van der Waals surface area contributed by atoms with Gasteiger partial charge in [-0.15, -0.1) is 11.3 Å². The highest BCUT2D eigenvalue weighted by atomic mass is 32.1. The molecule has 0 fully saturated rings. The van der Waals surface area contributed by atoms with Crippen LogP contribution in [0.25, 0.3) is 0 Å². The molecule has 0 bridgehead atoms. The van der Waals surface area contributed by atoms with Gasteiger partial charge in [0.2, 0.25) is 0 Å². The highest BCUT2D eigenvalue weighted by Gasteiger charge is 2.07. The number of nitrogens with one attached hydrogen (secondary N) is 1. The second-order valence-electron chi connectivity index (χ2n) is 2.74. The minimum Gasteiger partial charge on any atom is -0.466 e. The molecule has 0 spiro atoms. The summed E-state index contributed by atoms with van der Waals surface area (Å²) in [4.78, 5) is 15.4. The molecule has 0 unspecified atom stereocenters. The molecule has 5 heteroatoms. The van der Waals surface area contributed by atoms with E-state index in [4.69, 9.17) is 4.74 Å². The highest BCUT2D eigenvalue weighted by Crippen LogP contribution is 2.10. The Morgan fingerprint density at radius 1 is 1.71 bits per heavy atom. The Labute approximate surface area is 87.3 Å². The first kappa shape index (κ1) is 11.1.